The predicted octanol–water partition coefficient (Wildman–Crippen LogP) is 3.59. The van der Waals surface area contributed by atoms with Crippen molar-refractivity contribution < 1.29 is 4.79 Å². The van der Waals surface area contributed by atoms with E-state index in [2.05, 4.69) is 13.8 Å². The lowest BCUT2D eigenvalue weighted by Crippen LogP contribution is -2.29. The van der Waals surface area contributed by atoms with Crippen LogP contribution in [0.4, 0.5) is 0 Å². The van der Waals surface area contributed by atoms with E-state index in [0.717, 1.165) is 29.7 Å². The van der Waals surface area contributed by atoms with Crippen LogP contribution in [-0.2, 0) is 4.79 Å². The minimum atomic E-state index is 0.311. The van der Waals surface area contributed by atoms with Gasteiger partial charge in [-0.1, -0.05) is 19.4 Å². The van der Waals surface area contributed by atoms with Crippen LogP contribution in [0.1, 0.15) is 47.0 Å². The molecule has 0 amide bonds. The van der Waals surface area contributed by atoms with Crippen LogP contribution in [0, 0.1) is 28.6 Å². The highest BCUT2D eigenvalue weighted by molar-refractivity contribution is 5.91. The number of ketones is 1. The van der Waals surface area contributed by atoms with Gasteiger partial charge < -0.3 is 0 Å². The largest absolute Gasteiger partial charge is 0.295 e. The molecule has 4 aliphatic rings. The third kappa shape index (κ3) is 1.00. The number of hydrogen-bond donors (Lipinski definition) is 0. The van der Waals surface area contributed by atoms with Crippen LogP contribution < -0.4 is 0 Å². The Bertz CT molecular complexity index is 376. The predicted molar refractivity (Wildman–Crippen MR) is 65.0 cm³/mol. The first kappa shape index (κ1) is 10.6. The molecule has 0 aromatic heterocycles. The van der Waals surface area contributed by atoms with Crippen molar-refractivity contribution >= 4 is 5.78 Å². The molecular weight excluding hydrogens is 196 g/mol. The number of carbonyl (C=O) groups excluding carboxylic acids is 1. The molecule has 88 valence electrons. The lowest BCUT2D eigenvalue weighted by Gasteiger charge is -2.33. The Morgan fingerprint density at radius 3 is 2.19 bits per heavy atom. The van der Waals surface area contributed by atoms with Crippen LogP contribution in [0.5, 0.6) is 0 Å². The molecule has 4 fully saturated rings. The lowest BCUT2D eigenvalue weighted by molar-refractivity contribution is -0.117. The van der Waals surface area contributed by atoms with Gasteiger partial charge in [-0.3, -0.25) is 4.79 Å². The van der Waals surface area contributed by atoms with E-state index in [0.29, 0.717) is 16.6 Å². The molecule has 0 aliphatic heterocycles. The minimum Gasteiger partial charge on any atom is -0.295 e. The SMILES string of the molecule is CC(C)=CC(=O)CC1(C)C2CC3C(C2)C31C. The Morgan fingerprint density at radius 2 is 1.81 bits per heavy atom. The molecule has 0 aromatic rings. The van der Waals surface area contributed by atoms with Crippen LogP contribution in [-0.4, -0.2) is 5.78 Å². The minimum absolute atomic E-state index is 0.311. The number of carbonyl (C=O) groups is 1. The molecular formula is C15H22O. The molecule has 0 spiro atoms. The molecule has 0 N–H and O–H groups in total. The zero-order chi connectivity index (χ0) is 11.7. The van der Waals surface area contributed by atoms with Gasteiger partial charge >= 0.3 is 0 Å². The Labute approximate surface area is 98.3 Å². The smallest absolute Gasteiger partial charge is 0.156 e. The first-order chi connectivity index (χ1) is 7.39. The number of rotatable bonds is 3. The molecule has 3 atom stereocenters. The van der Waals surface area contributed by atoms with Crippen LogP contribution in [0.25, 0.3) is 0 Å². The molecule has 4 aliphatic carbocycles. The molecule has 4 rings (SSSR count). The summed E-state index contributed by atoms with van der Waals surface area (Å²) in [6, 6.07) is 0. The zero-order valence-electron chi connectivity index (χ0n) is 10.8. The van der Waals surface area contributed by atoms with Gasteiger partial charge in [0.1, 0.15) is 0 Å². The highest BCUT2D eigenvalue weighted by atomic mass is 16.1. The van der Waals surface area contributed by atoms with E-state index < -0.39 is 0 Å². The quantitative estimate of drug-likeness (QED) is 0.662. The third-order valence-corrected chi connectivity index (χ3v) is 6.12. The van der Waals surface area contributed by atoms with Crippen LogP contribution >= 0.6 is 0 Å². The Kier molecular flexibility index (Phi) is 1.85. The van der Waals surface area contributed by atoms with Gasteiger partial charge in [-0.25, -0.2) is 0 Å². The molecule has 1 heteroatoms. The maximum Gasteiger partial charge on any atom is 0.156 e. The summed E-state index contributed by atoms with van der Waals surface area (Å²) in [6.45, 7) is 8.83. The number of allylic oxidation sites excluding steroid dienone is 2. The number of hydrogen-bond acceptors (Lipinski definition) is 1. The van der Waals surface area contributed by atoms with Crippen molar-refractivity contribution in [1.82, 2.24) is 0 Å². The molecule has 0 aromatic carbocycles. The molecule has 0 heterocycles. The molecule has 3 unspecified atom stereocenters. The van der Waals surface area contributed by atoms with Crippen molar-refractivity contribution in [2.75, 3.05) is 0 Å². The molecule has 16 heavy (non-hydrogen) atoms. The van der Waals surface area contributed by atoms with Crippen LogP contribution in [0.15, 0.2) is 11.6 Å². The maximum absolute atomic E-state index is 12.0. The summed E-state index contributed by atoms with van der Waals surface area (Å²) in [7, 11) is 0. The molecule has 1 nitrogen and oxygen atoms in total. The highest BCUT2D eigenvalue weighted by Gasteiger charge is 2.81. The highest BCUT2D eigenvalue weighted by Crippen LogP contribution is 2.86. The van der Waals surface area contributed by atoms with E-state index in [1.165, 1.54) is 12.8 Å². The summed E-state index contributed by atoms with van der Waals surface area (Å²) in [5.41, 5.74) is 1.96. The average molecular weight is 218 g/mol. The maximum atomic E-state index is 12.0. The topological polar surface area (TPSA) is 17.1 Å². The lowest BCUT2D eigenvalue weighted by atomic mass is 9.70. The van der Waals surface area contributed by atoms with Gasteiger partial charge in [0.25, 0.3) is 0 Å². The van der Waals surface area contributed by atoms with Crippen molar-refractivity contribution in [2.24, 2.45) is 28.6 Å². The van der Waals surface area contributed by atoms with Gasteiger partial charge in [0.2, 0.25) is 0 Å². The van der Waals surface area contributed by atoms with Crippen molar-refractivity contribution in [2.45, 2.75) is 47.0 Å². The van der Waals surface area contributed by atoms with E-state index in [1.54, 1.807) is 0 Å². The summed E-state index contributed by atoms with van der Waals surface area (Å²) < 4.78 is 0. The second kappa shape index (κ2) is 2.80. The Morgan fingerprint density at radius 1 is 1.25 bits per heavy atom. The fourth-order valence-corrected chi connectivity index (χ4v) is 5.10. The monoisotopic (exact) mass is 218 g/mol. The molecule has 0 radical (unpaired) electrons. The van der Waals surface area contributed by atoms with E-state index in [-0.39, 0.29) is 0 Å². The van der Waals surface area contributed by atoms with E-state index >= 15 is 0 Å². The van der Waals surface area contributed by atoms with Gasteiger partial charge in [0, 0.05) is 6.42 Å². The summed E-state index contributed by atoms with van der Waals surface area (Å²) >= 11 is 0. The van der Waals surface area contributed by atoms with Crippen LogP contribution in [0.2, 0.25) is 0 Å². The normalized spacial score (nSPS) is 51.6. The van der Waals surface area contributed by atoms with Gasteiger partial charge in [-0.15, -0.1) is 0 Å². The summed E-state index contributed by atoms with van der Waals surface area (Å²) in [5.74, 6) is 3.10. The van der Waals surface area contributed by atoms with E-state index in [9.17, 15) is 4.79 Å². The van der Waals surface area contributed by atoms with E-state index in [1.807, 2.05) is 19.9 Å². The summed E-state index contributed by atoms with van der Waals surface area (Å²) in [5, 5.41) is 0. The Hall–Kier alpha value is -0.590. The second-order valence-corrected chi connectivity index (χ2v) is 6.95. The second-order valence-electron chi connectivity index (χ2n) is 6.95. The van der Waals surface area contributed by atoms with Gasteiger partial charge in [-0.2, -0.15) is 0 Å². The molecule has 4 bridgehead atoms. The van der Waals surface area contributed by atoms with Crippen molar-refractivity contribution in [3.05, 3.63) is 11.6 Å². The van der Waals surface area contributed by atoms with Gasteiger partial charge in [0.05, 0.1) is 0 Å². The summed E-state index contributed by atoms with van der Waals surface area (Å²) in [6.07, 6.45) is 5.42. The fraction of sp³-hybridized carbons (Fsp3) is 0.800. The van der Waals surface area contributed by atoms with Gasteiger partial charge in [0.15, 0.2) is 5.78 Å². The van der Waals surface area contributed by atoms with Crippen molar-refractivity contribution in [3.8, 4) is 0 Å². The van der Waals surface area contributed by atoms with Crippen molar-refractivity contribution in [1.29, 1.82) is 0 Å². The zero-order valence-corrected chi connectivity index (χ0v) is 10.8. The first-order valence-electron chi connectivity index (χ1n) is 6.57. The molecule has 0 saturated heterocycles. The van der Waals surface area contributed by atoms with Gasteiger partial charge in [-0.05, 0) is 61.3 Å². The molecule has 4 saturated carbocycles. The fourth-order valence-electron chi connectivity index (χ4n) is 5.10. The third-order valence-electron chi connectivity index (χ3n) is 6.12. The Balaban J connectivity index is 1.81. The standard InChI is InChI=1S/C15H22O/c1-9(2)5-11(16)8-14(3)10-6-12-13(7-10)15(12,14)4/h5,10,12-13H,6-8H2,1-4H3. The van der Waals surface area contributed by atoms with Crippen molar-refractivity contribution in [3.63, 3.8) is 0 Å². The van der Waals surface area contributed by atoms with Crippen LogP contribution in [0.3, 0.4) is 0 Å². The average Bonchev–Trinajstić information content (AvgIpc) is 2.49. The van der Waals surface area contributed by atoms with E-state index in [4.69, 9.17) is 0 Å². The summed E-state index contributed by atoms with van der Waals surface area (Å²) in [4.78, 5) is 12.0. The first-order valence-corrected chi connectivity index (χ1v) is 6.57.